The molecule has 34 heavy (non-hydrogen) atoms. The summed E-state index contributed by atoms with van der Waals surface area (Å²) < 4.78 is 41.0. The summed E-state index contributed by atoms with van der Waals surface area (Å²) in [5.74, 6) is -1.62. The van der Waals surface area contributed by atoms with E-state index >= 15 is 0 Å². The second-order valence-electron chi connectivity index (χ2n) is 8.24. The lowest BCUT2D eigenvalue weighted by molar-refractivity contribution is 0.262. The summed E-state index contributed by atoms with van der Waals surface area (Å²) in [5.41, 5.74) is 3.14. The summed E-state index contributed by atoms with van der Waals surface area (Å²) in [6.45, 7) is 3.12. The maximum Gasteiger partial charge on any atom is 0.323 e. The number of carbonyl (C=O) groups excluding carboxylic acids is 1. The predicted octanol–water partition coefficient (Wildman–Crippen LogP) is 6.73. The van der Waals surface area contributed by atoms with Gasteiger partial charge in [-0.2, -0.15) is 0 Å². The van der Waals surface area contributed by atoms with Gasteiger partial charge in [0.05, 0.1) is 11.4 Å². The number of hydrogen-bond donors (Lipinski definition) is 3. The van der Waals surface area contributed by atoms with Gasteiger partial charge in [0.25, 0.3) is 0 Å². The first-order valence-electron chi connectivity index (χ1n) is 10.7. The van der Waals surface area contributed by atoms with Gasteiger partial charge in [0.2, 0.25) is 0 Å². The van der Waals surface area contributed by atoms with Gasteiger partial charge in [0.1, 0.15) is 17.5 Å². The summed E-state index contributed by atoms with van der Waals surface area (Å²) in [5, 5.41) is 6.41. The van der Waals surface area contributed by atoms with Crippen LogP contribution in [-0.2, 0) is 6.54 Å². The standard InChI is InChI=1S/C25H21F3N4OS/c1-14-12-32(13-15-6-17(27)8-18(28)7-15)23-10-19(3-5-24(23)34-14)30-25(33)31-22-11-29-21-4-2-16(26)9-20(21)22/h2-11,14,29H,12-13H2,1H3,(H2,30,31,33). The van der Waals surface area contributed by atoms with E-state index < -0.39 is 23.5 Å². The number of anilines is 3. The van der Waals surface area contributed by atoms with Crippen LogP contribution in [0.4, 0.5) is 35.0 Å². The van der Waals surface area contributed by atoms with Gasteiger partial charge in [-0.25, -0.2) is 18.0 Å². The summed E-state index contributed by atoms with van der Waals surface area (Å²) in [6.07, 6.45) is 1.61. The molecule has 1 aromatic heterocycles. The lowest BCUT2D eigenvalue weighted by atomic mass is 10.1. The van der Waals surface area contributed by atoms with E-state index in [1.807, 2.05) is 12.1 Å². The molecule has 0 aliphatic carbocycles. The summed E-state index contributed by atoms with van der Waals surface area (Å²) in [4.78, 5) is 18.7. The number of thioether (sulfide) groups is 1. The summed E-state index contributed by atoms with van der Waals surface area (Å²) in [6, 6.07) is 12.9. The topological polar surface area (TPSA) is 60.2 Å². The Morgan fingerprint density at radius 1 is 1.03 bits per heavy atom. The van der Waals surface area contributed by atoms with Crippen LogP contribution in [0.1, 0.15) is 12.5 Å². The fraction of sp³-hybridized carbons (Fsp3) is 0.160. The van der Waals surface area contributed by atoms with Crippen molar-refractivity contribution in [2.45, 2.75) is 23.6 Å². The minimum Gasteiger partial charge on any atom is -0.365 e. The number of amides is 2. The Bertz CT molecular complexity index is 1370. The number of nitrogens with one attached hydrogen (secondary N) is 3. The molecule has 0 radical (unpaired) electrons. The molecule has 2 amide bonds. The Balaban J connectivity index is 1.36. The predicted molar refractivity (Wildman–Crippen MR) is 130 cm³/mol. The van der Waals surface area contributed by atoms with E-state index in [0.717, 1.165) is 16.6 Å². The van der Waals surface area contributed by atoms with Crippen LogP contribution in [0.3, 0.4) is 0 Å². The fourth-order valence-electron chi connectivity index (χ4n) is 4.16. The van der Waals surface area contributed by atoms with E-state index in [1.54, 1.807) is 30.1 Å². The molecule has 174 valence electrons. The van der Waals surface area contributed by atoms with Gasteiger partial charge < -0.3 is 20.5 Å². The highest BCUT2D eigenvalue weighted by atomic mass is 32.2. The lowest BCUT2D eigenvalue weighted by Crippen LogP contribution is -2.33. The lowest BCUT2D eigenvalue weighted by Gasteiger charge is -2.34. The van der Waals surface area contributed by atoms with Crippen molar-refractivity contribution in [1.82, 2.24) is 4.98 Å². The van der Waals surface area contributed by atoms with Gasteiger partial charge in [-0.1, -0.05) is 6.92 Å². The molecule has 3 aromatic carbocycles. The normalized spacial score (nSPS) is 15.3. The smallest absolute Gasteiger partial charge is 0.323 e. The first-order chi connectivity index (χ1) is 16.3. The molecule has 1 aliphatic heterocycles. The van der Waals surface area contributed by atoms with Crippen molar-refractivity contribution in [2.75, 3.05) is 22.1 Å². The van der Waals surface area contributed by atoms with Gasteiger partial charge in [-0.15, -0.1) is 11.8 Å². The molecular weight excluding hydrogens is 461 g/mol. The summed E-state index contributed by atoms with van der Waals surface area (Å²) >= 11 is 1.71. The molecule has 9 heteroatoms. The molecule has 1 atom stereocenters. The Hall–Kier alpha value is -3.59. The molecular formula is C25H21F3N4OS. The quantitative estimate of drug-likeness (QED) is 0.302. The molecule has 0 bridgehead atoms. The van der Waals surface area contributed by atoms with Crippen molar-refractivity contribution in [3.05, 3.63) is 83.8 Å². The molecule has 2 heterocycles. The SMILES string of the molecule is CC1CN(Cc2cc(F)cc(F)c2)c2cc(NC(=O)Nc3c[nH]c4ccc(F)cc34)ccc2S1. The van der Waals surface area contributed by atoms with E-state index in [-0.39, 0.29) is 5.25 Å². The van der Waals surface area contributed by atoms with E-state index in [0.29, 0.717) is 40.9 Å². The molecule has 5 nitrogen and oxygen atoms in total. The second kappa shape index (κ2) is 8.98. The third-order valence-corrected chi connectivity index (χ3v) is 6.70. The van der Waals surface area contributed by atoms with Crippen molar-refractivity contribution >= 4 is 45.8 Å². The molecule has 0 fully saturated rings. The van der Waals surface area contributed by atoms with Crippen molar-refractivity contribution in [3.63, 3.8) is 0 Å². The number of aromatic nitrogens is 1. The number of fused-ring (bicyclic) bond motifs is 2. The van der Waals surface area contributed by atoms with Crippen LogP contribution < -0.4 is 15.5 Å². The fourth-order valence-corrected chi connectivity index (χ4v) is 5.30. The zero-order valence-corrected chi connectivity index (χ0v) is 19.0. The molecule has 4 aromatic rings. The van der Waals surface area contributed by atoms with Crippen LogP contribution >= 0.6 is 11.8 Å². The van der Waals surface area contributed by atoms with Crippen molar-refractivity contribution in [1.29, 1.82) is 0 Å². The van der Waals surface area contributed by atoms with Crippen LogP contribution in [0.2, 0.25) is 0 Å². The van der Waals surface area contributed by atoms with Gasteiger partial charge >= 0.3 is 6.03 Å². The third kappa shape index (κ3) is 4.70. The zero-order chi connectivity index (χ0) is 23.8. The number of carbonyl (C=O) groups is 1. The number of hydrogen-bond acceptors (Lipinski definition) is 3. The molecule has 0 spiro atoms. The Morgan fingerprint density at radius 3 is 2.62 bits per heavy atom. The Kier molecular flexibility index (Phi) is 5.87. The third-order valence-electron chi connectivity index (χ3n) is 5.55. The number of H-pyrrole nitrogens is 1. The van der Waals surface area contributed by atoms with Crippen molar-refractivity contribution in [3.8, 4) is 0 Å². The van der Waals surface area contributed by atoms with Crippen molar-refractivity contribution in [2.24, 2.45) is 0 Å². The number of aromatic amines is 1. The molecule has 3 N–H and O–H groups in total. The van der Waals surface area contributed by atoms with Crippen LogP contribution in [0, 0.1) is 17.5 Å². The van der Waals surface area contributed by atoms with Gasteiger partial charge in [0.15, 0.2) is 0 Å². The monoisotopic (exact) mass is 482 g/mol. The largest absolute Gasteiger partial charge is 0.365 e. The van der Waals surface area contributed by atoms with Crippen LogP contribution in [-0.4, -0.2) is 22.8 Å². The molecule has 1 unspecified atom stereocenters. The maximum absolute atomic E-state index is 13.7. The van der Waals surface area contributed by atoms with E-state index in [1.165, 1.54) is 24.3 Å². The highest BCUT2D eigenvalue weighted by molar-refractivity contribution is 8.00. The summed E-state index contributed by atoms with van der Waals surface area (Å²) in [7, 11) is 0. The highest BCUT2D eigenvalue weighted by Crippen LogP contribution is 2.40. The van der Waals surface area contributed by atoms with E-state index in [4.69, 9.17) is 0 Å². The van der Waals surface area contributed by atoms with Crippen LogP contribution in [0.15, 0.2) is 65.7 Å². The second-order valence-corrected chi connectivity index (χ2v) is 9.72. The Labute approximate surface area is 198 Å². The van der Waals surface area contributed by atoms with Gasteiger partial charge in [0, 0.05) is 52.1 Å². The van der Waals surface area contributed by atoms with Gasteiger partial charge in [-0.3, -0.25) is 0 Å². The number of benzene rings is 3. The molecule has 0 saturated carbocycles. The molecule has 0 saturated heterocycles. The maximum atomic E-state index is 13.7. The number of urea groups is 1. The minimum atomic E-state index is -0.612. The number of nitrogens with zero attached hydrogens (tertiary/aromatic N) is 1. The average molecular weight is 483 g/mol. The zero-order valence-electron chi connectivity index (χ0n) is 18.2. The first kappa shape index (κ1) is 22.2. The highest BCUT2D eigenvalue weighted by Gasteiger charge is 2.23. The molecule has 5 rings (SSSR count). The van der Waals surface area contributed by atoms with Crippen LogP contribution in [0.5, 0.6) is 0 Å². The molecule has 1 aliphatic rings. The Morgan fingerprint density at radius 2 is 1.82 bits per heavy atom. The van der Waals surface area contributed by atoms with E-state index in [9.17, 15) is 18.0 Å². The van der Waals surface area contributed by atoms with Gasteiger partial charge in [-0.05, 0) is 54.1 Å². The average Bonchev–Trinajstić information content (AvgIpc) is 3.15. The number of rotatable bonds is 4. The minimum absolute atomic E-state index is 0.287. The van der Waals surface area contributed by atoms with Crippen LogP contribution in [0.25, 0.3) is 10.9 Å². The van der Waals surface area contributed by atoms with Crippen molar-refractivity contribution < 1.29 is 18.0 Å². The number of halogens is 3. The van der Waals surface area contributed by atoms with E-state index in [2.05, 4.69) is 27.4 Å². The first-order valence-corrected chi connectivity index (χ1v) is 11.6.